The van der Waals surface area contributed by atoms with Crippen LogP contribution in [0.25, 0.3) is 11.3 Å². The molecule has 1 aromatic carbocycles. The van der Waals surface area contributed by atoms with Crippen LogP contribution in [0, 0.1) is 0 Å². The molecule has 0 saturated heterocycles. The molecule has 0 aliphatic rings. The van der Waals surface area contributed by atoms with Crippen LogP contribution < -0.4 is 10.5 Å². The molecule has 0 amide bonds. The van der Waals surface area contributed by atoms with Gasteiger partial charge >= 0.3 is 0 Å². The average molecular weight is 310 g/mol. The van der Waals surface area contributed by atoms with Crippen molar-refractivity contribution < 1.29 is 9.15 Å². The Morgan fingerprint density at radius 2 is 2.11 bits per heavy atom. The summed E-state index contributed by atoms with van der Waals surface area (Å²) in [6.45, 7) is 1.96. The molecule has 0 aliphatic heterocycles. The summed E-state index contributed by atoms with van der Waals surface area (Å²) in [7, 11) is 1.65. The standard InChI is InChI=1S/C14H16BrNO2/c1-9(16)7-11-4-6-13(18-11)10-3-5-12(15)14(8-10)17-2/h3-6,8-9H,7,16H2,1-2H3. The molecule has 1 heterocycles. The lowest BCUT2D eigenvalue weighted by molar-refractivity contribution is 0.412. The van der Waals surface area contributed by atoms with Crippen molar-refractivity contribution in [2.24, 2.45) is 5.73 Å². The summed E-state index contributed by atoms with van der Waals surface area (Å²) in [4.78, 5) is 0. The number of ether oxygens (including phenoxy) is 1. The lowest BCUT2D eigenvalue weighted by Crippen LogP contribution is -2.17. The zero-order valence-corrected chi connectivity index (χ0v) is 12.0. The SMILES string of the molecule is COc1cc(-c2ccc(CC(C)N)o2)ccc1Br. The van der Waals surface area contributed by atoms with E-state index in [4.69, 9.17) is 14.9 Å². The minimum atomic E-state index is 0.100. The van der Waals surface area contributed by atoms with Crippen LogP contribution >= 0.6 is 15.9 Å². The second-order valence-electron chi connectivity index (χ2n) is 4.30. The fraction of sp³-hybridized carbons (Fsp3) is 0.286. The summed E-state index contributed by atoms with van der Waals surface area (Å²) in [5.41, 5.74) is 6.74. The van der Waals surface area contributed by atoms with Gasteiger partial charge in [-0.15, -0.1) is 0 Å². The molecule has 1 aromatic heterocycles. The smallest absolute Gasteiger partial charge is 0.134 e. The Bertz CT molecular complexity index is 534. The van der Waals surface area contributed by atoms with Gasteiger partial charge < -0.3 is 14.9 Å². The largest absolute Gasteiger partial charge is 0.496 e. The van der Waals surface area contributed by atoms with Crippen molar-refractivity contribution in [3.8, 4) is 17.1 Å². The molecule has 1 unspecified atom stereocenters. The van der Waals surface area contributed by atoms with Crippen LogP contribution in [-0.2, 0) is 6.42 Å². The molecule has 0 fully saturated rings. The molecule has 0 bridgehead atoms. The summed E-state index contributed by atoms with van der Waals surface area (Å²) in [6.07, 6.45) is 0.744. The first-order valence-corrected chi connectivity index (χ1v) is 6.57. The highest BCUT2D eigenvalue weighted by molar-refractivity contribution is 9.10. The molecular formula is C14H16BrNO2. The van der Waals surface area contributed by atoms with Gasteiger partial charge in [0.25, 0.3) is 0 Å². The number of furan rings is 1. The molecule has 4 heteroatoms. The van der Waals surface area contributed by atoms with Gasteiger partial charge in [0.2, 0.25) is 0 Å². The van der Waals surface area contributed by atoms with E-state index in [0.717, 1.165) is 33.7 Å². The lowest BCUT2D eigenvalue weighted by atomic mass is 10.1. The van der Waals surface area contributed by atoms with Crippen LogP contribution in [0.15, 0.2) is 39.2 Å². The third-order valence-electron chi connectivity index (χ3n) is 2.62. The Balaban J connectivity index is 2.28. The van der Waals surface area contributed by atoms with Crippen LogP contribution in [0.3, 0.4) is 0 Å². The van der Waals surface area contributed by atoms with E-state index in [-0.39, 0.29) is 6.04 Å². The third-order valence-corrected chi connectivity index (χ3v) is 3.28. The molecule has 0 saturated carbocycles. The minimum absolute atomic E-state index is 0.100. The van der Waals surface area contributed by atoms with E-state index in [1.54, 1.807) is 7.11 Å². The van der Waals surface area contributed by atoms with E-state index in [1.165, 1.54) is 0 Å². The third kappa shape index (κ3) is 2.94. The van der Waals surface area contributed by atoms with E-state index >= 15 is 0 Å². The van der Waals surface area contributed by atoms with Gasteiger partial charge in [0, 0.05) is 18.0 Å². The van der Waals surface area contributed by atoms with Gasteiger partial charge in [-0.3, -0.25) is 0 Å². The van der Waals surface area contributed by atoms with Crippen LogP contribution in [0.5, 0.6) is 5.75 Å². The Hall–Kier alpha value is -1.26. The van der Waals surface area contributed by atoms with Crippen molar-refractivity contribution in [3.63, 3.8) is 0 Å². The number of hydrogen-bond donors (Lipinski definition) is 1. The summed E-state index contributed by atoms with van der Waals surface area (Å²) in [5, 5.41) is 0. The molecule has 1 atom stereocenters. The molecule has 3 nitrogen and oxygen atoms in total. The maximum atomic E-state index is 5.77. The fourth-order valence-electron chi connectivity index (χ4n) is 1.77. The Labute approximate surface area is 115 Å². The van der Waals surface area contributed by atoms with E-state index in [9.17, 15) is 0 Å². The first-order chi connectivity index (χ1) is 8.60. The highest BCUT2D eigenvalue weighted by Crippen LogP contribution is 2.31. The number of rotatable bonds is 4. The predicted octanol–water partition coefficient (Wildman–Crippen LogP) is 3.61. The number of hydrogen-bond acceptors (Lipinski definition) is 3. The molecule has 18 heavy (non-hydrogen) atoms. The van der Waals surface area contributed by atoms with Gasteiger partial charge in [-0.25, -0.2) is 0 Å². The molecule has 2 aromatic rings. The average Bonchev–Trinajstić information content (AvgIpc) is 2.77. The Kier molecular flexibility index (Phi) is 4.09. The number of nitrogens with two attached hydrogens (primary N) is 1. The highest BCUT2D eigenvalue weighted by Gasteiger charge is 2.09. The van der Waals surface area contributed by atoms with Gasteiger partial charge in [0.1, 0.15) is 17.3 Å². The molecule has 0 radical (unpaired) electrons. The quantitative estimate of drug-likeness (QED) is 0.938. The van der Waals surface area contributed by atoms with Crippen LogP contribution in [-0.4, -0.2) is 13.2 Å². The Morgan fingerprint density at radius 1 is 1.33 bits per heavy atom. The number of methoxy groups -OCH3 is 1. The number of halogens is 1. The fourth-order valence-corrected chi connectivity index (χ4v) is 2.18. The molecule has 2 N–H and O–H groups in total. The normalized spacial score (nSPS) is 12.4. The monoisotopic (exact) mass is 309 g/mol. The topological polar surface area (TPSA) is 48.4 Å². The van der Waals surface area contributed by atoms with Crippen LogP contribution in [0.2, 0.25) is 0 Å². The highest BCUT2D eigenvalue weighted by atomic mass is 79.9. The number of benzene rings is 1. The maximum absolute atomic E-state index is 5.77. The van der Waals surface area contributed by atoms with Gasteiger partial charge in [0.05, 0.1) is 11.6 Å². The van der Waals surface area contributed by atoms with Crippen molar-refractivity contribution in [1.29, 1.82) is 0 Å². The zero-order chi connectivity index (χ0) is 13.1. The van der Waals surface area contributed by atoms with Gasteiger partial charge in [-0.2, -0.15) is 0 Å². The van der Waals surface area contributed by atoms with E-state index in [2.05, 4.69) is 15.9 Å². The summed E-state index contributed by atoms with van der Waals surface area (Å²) >= 11 is 3.43. The zero-order valence-electron chi connectivity index (χ0n) is 10.4. The van der Waals surface area contributed by atoms with E-state index in [1.807, 2.05) is 37.3 Å². The van der Waals surface area contributed by atoms with E-state index < -0.39 is 0 Å². The van der Waals surface area contributed by atoms with Crippen molar-refractivity contribution in [3.05, 3.63) is 40.6 Å². The van der Waals surface area contributed by atoms with Gasteiger partial charge in [0.15, 0.2) is 0 Å². The van der Waals surface area contributed by atoms with E-state index in [0.29, 0.717) is 0 Å². The van der Waals surface area contributed by atoms with Gasteiger partial charge in [-0.05, 0) is 53.2 Å². The lowest BCUT2D eigenvalue weighted by Gasteiger charge is -2.05. The van der Waals surface area contributed by atoms with Crippen molar-refractivity contribution in [1.82, 2.24) is 0 Å². The summed E-state index contributed by atoms with van der Waals surface area (Å²) in [5.74, 6) is 2.52. The molecule has 0 spiro atoms. The summed E-state index contributed by atoms with van der Waals surface area (Å²) in [6, 6.07) is 9.90. The maximum Gasteiger partial charge on any atom is 0.134 e. The minimum Gasteiger partial charge on any atom is -0.496 e. The second kappa shape index (κ2) is 5.59. The molecule has 0 aliphatic carbocycles. The van der Waals surface area contributed by atoms with Crippen molar-refractivity contribution in [2.45, 2.75) is 19.4 Å². The Morgan fingerprint density at radius 3 is 2.78 bits per heavy atom. The summed E-state index contributed by atoms with van der Waals surface area (Å²) < 4.78 is 12.0. The first kappa shape index (κ1) is 13.2. The second-order valence-corrected chi connectivity index (χ2v) is 5.15. The molecule has 2 rings (SSSR count). The van der Waals surface area contributed by atoms with Crippen molar-refractivity contribution in [2.75, 3.05) is 7.11 Å². The molecule has 96 valence electrons. The van der Waals surface area contributed by atoms with Crippen LogP contribution in [0.1, 0.15) is 12.7 Å². The predicted molar refractivity (Wildman–Crippen MR) is 75.7 cm³/mol. The van der Waals surface area contributed by atoms with Crippen LogP contribution in [0.4, 0.5) is 0 Å². The molecular weight excluding hydrogens is 294 g/mol. The van der Waals surface area contributed by atoms with Crippen molar-refractivity contribution >= 4 is 15.9 Å². The first-order valence-electron chi connectivity index (χ1n) is 5.78. The van der Waals surface area contributed by atoms with Gasteiger partial charge in [-0.1, -0.05) is 0 Å².